The number of thiophene rings is 1. The van der Waals surface area contributed by atoms with Gasteiger partial charge >= 0.3 is 0 Å². The van der Waals surface area contributed by atoms with E-state index in [0.717, 1.165) is 56.0 Å². The SMILES string of the molecule is Cc1ccc(C(=O)N2CCN(CCCc3nc(-c4ccccc4)no3)CC2)s1. The van der Waals surface area contributed by atoms with Crippen LogP contribution in [0.25, 0.3) is 11.4 Å². The number of aromatic nitrogens is 2. The normalized spacial score (nSPS) is 15.1. The van der Waals surface area contributed by atoms with E-state index in [4.69, 9.17) is 4.52 Å². The van der Waals surface area contributed by atoms with Gasteiger partial charge in [-0.25, -0.2) is 0 Å². The molecule has 0 spiro atoms. The van der Waals surface area contributed by atoms with Crippen LogP contribution in [0.15, 0.2) is 47.0 Å². The summed E-state index contributed by atoms with van der Waals surface area (Å²) in [5.41, 5.74) is 0.972. The van der Waals surface area contributed by atoms with Gasteiger partial charge in [0, 0.05) is 43.0 Å². The number of piperazine rings is 1. The molecule has 0 saturated carbocycles. The highest BCUT2D eigenvalue weighted by Crippen LogP contribution is 2.19. The molecule has 1 amide bonds. The number of rotatable bonds is 6. The highest BCUT2D eigenvalue weighted by atomic mass is 32.1. The summed E-state index contributed by atoms with van der Waals surface area (Å²) in [5.74, 6) is 1.49. The molecule has 3 aromatic rings. The van der Waals surface area contributed by atoms with Crippen LogP contribution in [0.4, 0.5) is 0 Å². The molecule has 0 unspecified atom stereocenters. The van der Waals surface area contributed by atoms with Crippen molar-refractivity contribution >= 4 is 17.2 Å². The Kier molecular flexibility index (Phi) is 5.83. The molecule has 0 aliphatic carbocycles. The van der Waals surface area contributed by atoms with Gasteiger partial charge in [-0.2, -0.15) is 4.98 Å². The first-order valence-electron chi connectivity index (χ1n) is 9.65. The first-order chi connectivity index (χ1) is 13.7. The predicted molar refractivity (Wildman–Crippen MR) is 109 cm³/mol. The number of hydrogen-bond acceptors (Lipinski definition) is 6. The van der Waals surface area contributed by atoms with Gasteiger partial charge < -0.3 is 9.42 Å². The van der Waals surface area contributed by atoms with Crippen LogP contribution in [0.1, 0.15) is 26.9 Å². The second-order valence-corrected chi connectivity index (χ2v) is 8.31. The second kappa shape index (κ2) is 8.67. The maximum absolute atomic E-state index is 12.5. The van der Waals surface area contributed by atoms with Crippen molar-refractivity contribution < 1.29 is 9.32 Å². The van der Waals surface area contributed by atoms with Gasteiger partial charge in [0.25, 0.3) is 5.91 Å². The summed E-state index contributed by atoms with van der Waals surface area (Å²) in [5, 5.41) is 4.07. The van der Waals surface area contributed by atoms with Crippen LogP contribution in [0, 0.1) is 6.92 Å². The van der Waals surface area contributed by atoms with Crippen molar-refractivity contribution in [3.8, 4) is 11.4 Å². The van der Waals surface area contributed by atoms with Crippen molar-refractivity contribution in [2.45, 2.75) is 19.8 Å². The fourth-order valence-corrected chi connectivity index (χ4v) is 4.23. The summed E-state index contributed by atoms with van der Waals surface area (Å²) in [4.78, 5) is 23.4. The minimum absolute atomic E-state index is 0.164. The number of nitrogens with zero attached hydrogens (tertiary/aromatic N) is 4. The Morgan fingerprint density at radius 2 is 1.89 bits per heavy atom. The van der Waals surface area contributed by atoms with Crippen LogP contribution in [0.3, 0.4) is 0 Å². The summed E-state index contributed by atoms with van der Waals surface area (Å²) in [7, 11) is 0. The van der Waals surface area contributed by atoms with Gasteiger partial charge in [-0.1, -0.05) is 35.5 Å². The van der Waals surface area contributed by atoms with Crippen LogP contribution in [-0.2, 0) is 6.42 Å². The summed E-state index contributed by atoms with van der Waals surface area (Å²) < 4.78 is 5.38. The molecule has 1 fully saturated rings. The Morgan fingerprint density at radius 1 is 1.11 bits per heavy atom. The molecular formula is C21H24N4O2S. The smallest absolute Gasteiger partial charge is 0.264 e. The highest BCUT2D eigenvalue weighted by Gasteiger charge is 2.22. The van der Waals surface area contributed by atoms with Gasteiger partial charge in [-0.3, -0.25) is 9.69 Å². The van der Waals surface area contributed by atoms with Crippen molar-refractivity contribution in [3.63, 3.8) is 0 Å². The maximum Gasteiger partial charge on any atom is 0.264 e. The third-order valence-electron chi connectivity index (χ3n) is 4.98. The van der Waals surface area contributed by atoms with E-state index in [9.17, 15) is 4.79 Å². The Hall–Kier alpha value is -2.51. The lowest BCUT2D eigenvalue weighted by Gasteiger charge is -2.34. The Morgan fingerprint density at radius 3 is 2.61 bits per heavy atom. The molecule has 4 rings (SSSR count). The van der Waals surface area contributed by atoms with Crippen LogP contribution < -0.4 is 0 Å². The number of amides is 1. The lowest BCUT2D eigenvalue weighted by Crippen LogP contribution is -2.48. The third kappa shape index (κ3) is 4.48. The maximum atomic E-state index is 12.5. The zero-order valence-corrected chi connectivity index (χ0v) is 16.8. The minimum atomic E-state index is 0.164. The standard InChI is InChI=1S/C21H24N4O2S/c1-16-9-10-18(28-16)21(26)25-14-12-24(13-15-25)11-5-8-19-22-20(23-27-19)17-6-3-2-4-7-17/h2-4,6-7,9-10H,5,8,11-15H2,1H3. The van der Waals surface area contributed by atoms with E-state index in [2.05, 4.69) is 15.0 Å². The zero-order valence-electron chi connectivity index (χ0n) is 16.0. The van der Waals surface area contributed by atoms with Crippen molar-refractivity contribution in [2.24, 2.45) is 0 Å². The largest absolute Gasteiger partial charge is 0.339 e. The monoisotopic (exact) mass is 396 g/mol. The fraction of sp³-hybridized carbons (Fsp3) is 0.381. The molecule has 1 aromatic carbocycles. The summed E-state index contributed by atoms with van der Waals surface area (Å²) in [6.45, 7) is 6.40. The van der Waals surface area contributed by atoms with Gasteiger partial charge in [0.05, 0.1) is 4.88 Å². The Balaban J connectivity index is 1.21. The zero-order chi connectivity index (χ0) is 19.3. The van der Waals surface area contributed by atoms with E-state index in [1.807, 2.05) is 54.3 Å². The molecule has 0 bridgehead atoms. The highest BCUT2D eigenvalue weighted by molar-refractivity contribution is 7.13. The molecule has 1 aliphatic rings. The molecule has 1 saturated heterocycles. The first-order valence-corrected chi connectivity index (χ1v) is 10.5. The molecule has 28 heavy (non-hydrogen) atoms. The minimum Gasteiger partial charge on any atom is -0.339 e. The molecule has 0 atom stereocenters. The second-order valence-electron chi connectivity index (χ2n) is 7.03. The summed E-state index contributed by atoms with van der Waals surface area (Å²) in [6, 6.07) is 13.8. The summed E-state index contributed by atoms with van der Waals surface area (Å²) >= 11 is 1.57. The van der Waals surface area contributed by atoms with E-state index < -0.39 is 0 Å². The average molecular weight is 397 g/mol. The van der Waals surface area contributed by atoms with Crippen molar-refractivity contribution in [1.82, 2.24) is 19.9 Å². The van der Waals surface area contributed by atoms with Crippen LogP contribution in [0.5, 0.6) is 0 Å². The molecule has 146 valence electrons. The van der Waals surface area contributed by atoms with Crippen LogP contribution in [0.2, 0.25) is 0 Å². The van der Waals surface area contributed by atoms with Crippen molar-refractivity contribution in [1.29, 1.82) is 0 Å². The molecule has 1 aliphatic heterocycles. The van der Waals surface area contributed by atoms with Crippen molar-refractivity contribution in [3.05, 3.63) is 58.1 Å². The number of benzene rings is 1. The van der Waals surface area contributed by atoms with E-state index in [-0.39, 0.29) is 5.91 Å². The Labute approximate surface area is 168 Å². The van der Waals surface area contributed by atoms with E-state index >= 15 is 0 Å². The molecule has 7 heteroatoms. The molecule has 0 N–H and O–H groups in total. The van der Waals surface area contributed by atoms with E-state index in [1.165, 1.54) is 4.88 Å². The lowest BCUT2D eigenvalue weighted by atomic mass is 10.2. The first kappa shape index (κ1) is 18.8. The molecular weight excluding hydrogens is 372 g/mol. The number of hydrogen-bond donors (Lipinski definition) is 0. The molecule has 6 nitrogen and oxygen atoms in total. The topological polar surface area (TPSA) is 62.5 Å². The number of aryl methyl sites for hydroxylation is 2. The van der Waals surface area contributed by atoms with Gasteiger partial charge in [-0.15, -0.1) is 11.3 Å². The predicted octanol–water partition coefficient (Wildman–Crippen LogP) is 3.50. The summed E-state index contributed by atoms with van der Waals surface area (Å²) in [6.07, 6.45) is 1.74. The number of carbonyl (C=O) groups is 1. The van der Waals surface area contributed by atoms with Gasteiger partial charge in [0.1, 0.15) is 0 Å². The van der Waals surface area contributed by atoms with Crippen LogP contribution in [-0.4, -0.2) is 58.6 Å². The number of carbonyl (C=O) groups excluding carboxylic acids is 1. The average Bonchev–Trinajstić information content (AvgIpc) is 3.38. The van der Waals surface area contributed by atoms with Gasteiger partial charge in [-0.05, 0) is 32.0 Å². The molecule has 2 aromatic heterocycles. The quantitative estimate of drug-likeness (QED) is 0.638. The Bertz CT molecular complexity index is 913. The van der Waals surface area contributed by atoms with Crippen LogP contribution >= 0.6 is 11.3 Å². The fourth-order valence-electron chi connectivity index (χ4n) is 3.39. The van der Waals surface area contributed by atoms with Gasteiger partial charge in [0.15, 0.2) is 0 Å². The third-order valence-corrected chi connectivity index (χ3v) is 5.96. The van der Waals surface area contributed by atoms with Gasteiger partial charge in [0.2, 0.25) is 11.7 Å². The van der Waals surface area contributed by atoms with Crippen molar-refractivity contribution in [2.75, 3.05) is 32.7 Å². The molecule has 0 radical (unpaired) electrons. The lowest BCUT2D eigenvalue weighted by molar-refractivity contribution is 0.0640. The van der Waals surface area contributed by atoms with E-state index in [0.29, 0.717) is 11.7 Å². The van der Waals surface area contributed by atoms with E-state index in [1.54, 1.807) is 11.3 Å². The molecule has 3 heterocycles.